The quantitative estimate of drug-likeness (QED) is 0.464. The number of ether oxygens (including phenoxy) is 1. The Labute approximate surface area is 259 Å². The molecule has 44 heavy (non-hydrogen) atoms. The molecule has 1 aliphatic carbocycles. The van der Waals surface area contributed by atoms with E-state index in [1.165, 1.54) is 19.0 Å². The van der Waals surface area contributed by atoms with Gasteiger partial charge in [0.25, 0.3) is 11.8 Å². The van der Waals surface area contributed by atoms with Crippen LogP contribution in [0.2, 0.25) is 0 Å². The molecule has 0 unspecified atom stereocenters. The van der Waals surface area contributed by atoms with Gasteiger partial charge in [0.1, 0.15) is 5.75 Å². The van der Waals surface area contributed by atoms with Gasteiger partial charge in [0, 0.05) is 67.9 Å². The first-order valence-corrected chi connectivity index (χ1v) is 16.8. The van der Waals surface area contributed by atoms with Crippen molar-refractivity contribution >= 4 is 39.0 Å². The van der Waals surface area contributed by atoms with Crippen LogP contribution in [0.4, 0.5) is 0 Å². The second kappa shape index (κ2) is 12.0. The van der Waals surface area contributed by atoms with Crippen LogP contribution in [-0.2, 0) is 21.5 Å². The SMILES string of the molecule is COc1ccc2c(c1)C=C1Cn3c-2c(C2CCCCC2)c2ccc(cc23)C(=O)NS(=O)(=O)N(C)CCN(C)CCN(C)C1=O. The Balaban J connectivity index is 1.60. The van der Waals surface area contributed by atoms with E-state index < -0.39 is 16.1 Å². The van der Waals surface area contributed by atoms with Crippen molar-refractivity contribution in [3.63, 3.8) is 0 Å². The summed E-state index contributed by atoms with van der Waals surface area (Å²) in [5, 5.41) is 1.03. The number of benzene rings is 2. The predicted octanol–water partition coefficient (Wildman–Crippen LogP) is 4.07. The van der Waals surface area contributed by atoms with Gasteiger partial charge in [0.05, 0.1) is 19.3 Å². The van der Waals surface area contributed by atoms with E-state index in [2.05, 4.69) is 15.4 Å². The summed E-state index contributed by atoms with van der Waals surface area (Å²) in [5.74, 6) is 0.292. The number of nitrogens with zero attached hydrogens (tertiary/aromatic N) is 4. The van der Waals surface area contributed by atoms with Gasteiger partial charge < -0.3 is 19.1 Å². The molecule has 10 nitrogen and oxygen atoms in total. The number of carbonyl (C=O) groups is 2. The summed E-state index contributed by atoms with van der Waals surface area (Å²) >= 11 is 0. The Morgan fingerprint density at radius 1 is 0.909 bits per heavy atom. The van der Waals surface area contributed by atoms with Crippen LogP contribution >= 0.6 is 0 Å². The van der Waals surface area contributed by atoms with Crippen molar-refractivity contribution in [1.29, 1.82) is 0 Å². The highest BCUT2D eigenvalue weighted by Crippen LogP contribution is 2.47. The monoisotopic (exact) mass is 619 g/mol. The molecule has 4 bridgehead atoms. The fourth-order valence-electron chi connectivity index (χ4n) is 6.78. The zero-order chi connectivity index (χ0) is 31.2. The van der Waals surface area contributed by atoms with Gasteiger partial charge in [-0.25, -0.2) is 4.72 Å². The highest BCUT2D eigenvalue weighted by molar-refractivity contribution is 7.87. The summed E-state index contributed by atoms with van der Waals surface area (Å²) in [6.45, 7) is 1.98. The molecule has 2 amide bonds. The van der Waals surface area contributed by atoms with E-state index in [9.17, 15) is 18.0 Å². The molecule has 2 aromatic carbocycles. The Hall–Kier alpha value is -3.67. The summed E-state index contributed by atoms with van der Waals surface area (Å²) in [6.07, 6.45) is 7.64. The molecule has 1 fully saturated rings. The number of aromatic nitrogens is 1. The van der Waals surface area contributed by atoms with Crippen molar-refractivity contribution < 1.29 is 22.7 Å². The average molecular weight is 620 g/mol. The van der Waals surface area contributed by atoms with Gasteiger partial charge >= 0.3 is 10.2 Å². The first-order valence-electron chi connectivity index (χ1n) is 15.3. The molecular formula is C33H41N5O5S. The fourth-order valence-corrected chi connectivity index (χ4v) is 7.61. The molecule has 11 heteroatoms. The Kier molecular flexibility index (Phi) is 8.29. The van der Waals surface area contributed by atoms with Crippen LogP contribution in [0.1, 0.15) is 59.5 Å². The van der Waals surface area contributed by atoms with Crippen molar-refractivity contribution in [2.24, 2.45) is 0 Å². The van der Waals surface area contributed by atoms with Crippen LogP contribution < -0.4 is 9.46 Å². The van der Waals surface area contributed by atoms with Crippen LogP contribution in [0.25, 0.3) is 28.2 Å². The average Bonchev–Trinajstić information content (AvgIpc) is 3.23. The van der Waals surface area contributed by atoms with Crippen LogP contribution in [0.15, 0.2) is 42.0 Å². The van der Waals surface area contributed by atoms with E-state index in [0.29, 0.717) is 43.4 Å². The standard InChI is InChI=1S/C33H41N5O5S/c1-35-14-16-36(2)33(40)25-18-24-19-26(43-4)11-13-27(24)31-30(22-8-6-5-7-9-22)28-12-10-23(20-29(28)38(31)21-25)32(39)34-44(41,42)37(3)17-15-35/h10-13,18-20,22H,5-9,14-17,21H2,1-4H3,(H,34,39). The molecule has 3 heterocycles. The minimum atomic E-state index is -4.06. The maximum Gasteiger partial charge on any atom is 0.303 e. The lowest BCUT2D eigenvalue weighted by atomic mass is 9.81. The number of carbonyl (C=O) groups excluding carboxylic acids is 2. The van der Waals surface area contributed by atoms with E-state index >= 15 is 0 Å². The van der Waals surface area contributed by atoms with Crippen molar-refractivity contribution in [2.75, 3.05) is 54.4 Å². The third-order valence-corrected chi connectivity index (χ3v) is 10.9. The third-order valence-electron chi connectivity index (χ3n) is 9.42. The van der Waals surface area contributed by atoms with E-state index in [1.54, 1.807) is 24.1 Å². The minimum Gasteiger partial charge on any atom is -0.497 e. The van der Waals surface area contributed by atoms with E-state index in [0.717, 1.165) is 57.7 Å². The third kappa shape index (κ3) is 5.64. The van der Waals surface area contributed by atoms with Gasteiger partial charge in [-0.1, -0.05) is 25.3 Å². The maximum absolute atomic E-state index is 14.1. The minimum absolute atomic E-state index is 0.0704. The molecule has 1 N–H and O–H groups in total. The molecule has 3 aromatic rings. The van der Waals surface area contributed by atoms with Crippen molar-refractivity contribution in [3.05, 3.63) is 58.7 Å². The lowest BCUT2D eigenvalue weighted by molar-refractivity contribution is -0.126. The van der Waals surface area contributed by atoms with Crippen molar-refractivity contribution in [3.8, 4) is 17.0 Å². The fraction of sp³-hybridized carbons (Fsp3) is 0.455. The van der Waals surface area contributed by atoms with Gasteiger partial charge in [-0.15, -0.1) is 0 Å². The predicted molar refractivity (Wildman–Crippen MR) is 172 cm³/mol. The zero-order valence-corrected chi connectivity index (χ0v) is 26.7. The number of fused-ring (bicyclic) bond motifs is 4. The number of rotatable bonds is 2. The molecule has 1 saturated carbocycles. The molecule has 234 valence electrons. The lowest BCUT2D eigenvalue weighted by Crippen LogP contribution is -2.44. The van der Waals surface area contributed by atoms with Crippen molar-refractivity contribution in [1.82, 2.24) is 23.4 Å². The zero-order valence-electron chi connectivity index (χ0n) is 25.9. The Morgan fingerprint density at radius 3 is 2.41 bits per heavy atom. The van der Waals surface area contributed by atoms with Gasteiger partial charge in [-0.3, -0.25) is 9.59 Å². The highest BCUT2D eigenvalue weighted by Gasteiger charge is 2.32. The van der Waals surface area contributed by atoms with Crippen LogP contribution in [-0.4, -0.2) is 93.3 Å². The van der Waals surface area contributed by atoms with Crippen LogP contribution in [0, 0.1) is 0 Å². The maximum atomic E-state index is 14.1. The van der Waals surface area contributed by atoms with Crippen LogP contribution in [0.3, 0.4) is 0 Å². The molecule has 0 saturated heterocycles. The van der Waals surface area contributed by atoms with E-state index in [1.807, 2.05) is 43.3 Å². The van der Waals surface area contributed by atoms with Gasteiger partial charge in [0.15, 0.2) is 0 Å². The molecule has 1 aromatic heterocycles. The first-order chi connectivity index (χ1) is 21.1. The molecule has 3 aliphatic rings. The number of hydrogen-bond donors (Lipinski definition) is 1. The number of amides is 2. The molecule has 0 atom stereocenters. The van der Waals surface area contributed by atoms with E-state index in [4.69, 9.17) is 4.74 Å². The topological polar surface area (TPSA) is 104 Å². The number of nitrogens with one attached hydrogen (secondary N) is 1. The summed E-state index contributed by atoms with van der Waals surface area (Å²) < 4.78 is 37.3. The van der Waals surface area contributed by atoms with E-state index in [-0.39, 0.29) is 18.0 Å². The Morgan fingerprint density at radius 2 is 1.66 bits per heavy atom. The van der Waals surface area contributed by atoms with Gasteiger partial charge in [0.2, 0.25) is 0 Å². The second-order valence-electron chi connectivity index (χ2n) is 12.3. The molecule has 0 radical (unpaired) electrons. The summed E-state index contributed by atoms with van der Waals surface area (Å²) in [5.41, 5.74) is 5.91. The highest BCUT2D eigenvalue weighted by atomic mass is 32.2. The molecule has 6 rings (SSSR count). The lowest BCUT2D eigenvalue weighted by Gasteiger charge is -2.25. The summed E-state index contributed by atoms with van der Waals surface area (Å²) in [7, 11) is 2.74. The van der Waals surface area contributed by atoms with Gasteiger partial charge in [-0.05, 0) is 73.3 Å². The molecular weight excluding hydrogens is 578 g/mol. The number of likely N-dealkylation sites (N-methyl/N-ethyl adjacent to an activating group) is 3. The largest absolute Gasteiger partial charge is 0.497 e. The first kappa shape index (κ1) is 30.4. The number of hydrogen-bond acceptors (Lipinski definition) is 6. The van der Waals surface area contributed by atoms with Gasteiger partial charge in [-0.2, -0.15) is 12.7 Å². The normalized spacial score (nSPS) is 20.7. The molecule has 0 spiro atoms. The van der Waals surface area contributed by atoms with Crippen molar-refractivity contribution in [2.45, 2.75) is 44.6 Å². The molecule has 2 aliphatic heterocycles. The second-order valence-corrected chi connectivity index (χ2v) is 14.1. The summed E-state index contributed by atoms with van der Waals surface area (Å²) in [6, 6.07) is 11.5. The van der Waals surface area contributed by atoms with Crippen LogP contribution in [0.5, 0.6) is 5.75 Å². The summed E-state index contributed by atoms with van der Waals surface area (Å²) in [4.78, 5) is 31.2. The smallest absolute Gasteiger partial charge is 0.303 e. The Bertz CT molecular complexity index is 1760. The number of methoxy groups -OCH3 is 1.